The summed E-state index contributed by atoms with van der Waals surface area (Å²) in [6.07, 6.45) is -2.66. The lowest BCUT2D eigenvalue weighted by molar-refractivity contribution is -0.146. The maximum absolute atomic E-state index is 12.4. The highest BCUT2D eigenvalue weighted by Crippen LogP contribution is 2.44. The van der Waals surface area contributed by atoms with Gasteiger partial charge in [-0.2, -0.15) is 0 Å². The maximum Gasteiger partial charge on any atom is 0.412 e. The molecule has 0 fully saturated rings. The summed E-state index contributed by atoms with van der Waals surface area (Å²) in [4.78, 5) is 35.2. The normalized spacial score (nSPS) is 13.0. The molecule has 4 N–H and O–H groups in total. The van der Waals surface area contributed by atoms with Gasteiger partial charge in [0.05, 0.1) is 0 Å². The van der Waals surface area contributed by atoms with Gasteiger partial charge in [0.15, 0.2) is 6.10 Å². The average Bonchev–Trinajstić information content (AvgIpc) is 3.40. The van der Waals surface area contributed by atoms with Crippen LogP contribution in [0, 0.1) is 0 Å². The Morgan fingerprint density at radius 1 is 1.03 bits per heavy atom. The Morgan fingerprint density at radius 3 is 2.30 bits per heavy atom. The topological polar surface area (TPSA) is 164 Å². The van der Waals surface area contributed by atoms with E-state index in [9.17, 15) is 19.5 Å². The first-order valence-electron chi connectivity index (χ1n) is 10.1. The van der Waals surface area contributed by atoms with Crippen molar-refractivity contribution in [2.75, 3.05) is 18.5 Å². The molecular formula is C22H20N4O7. The lowest BCUT2D eigenvalue weighted by Gasteiger charge is -2.14. The highest BCUT2D eigenvalue weighted by atomic mass is 16.6. The van der Waals surface area contributed by atoms with E-state index in [-0.39, 0.29) is 37.0 Å². The summed E-state index contributed by atoms with van der Waals surface area (Å²) in [5, 5.41) is 29.5. The zero-order valence-electron chi connectivity index (χ0n) is 17.2. The summed E-state index contributed by atoms with van der Waals surface area (Å²) in [5.41, 5.74) is 3.98. The van der Waals surface area contributed by atoms with Crippen LogP contribution in [0.2, 0.25) is 0 Å². The van der Waals surface area contributed by atoms with Gasteiger partial charge in [-0.05, 0) is 32.6 Å². The summed E-state index contributed by atoms with van der Waals surface area (Å²) in [5.74, 6) is -2.54. The number of aliphatic hydroxyl groups is 1. The Kier molecular flexibility index (Phi) is 6.31. The van der Waals surface area contributed by atoms with Crippen molar-refractivity contribution in [2.24, 2.45) is 0 Å². The van der Waals surface area contributed by atoms with Crippen molar-refractivity contribution >= 4 is 23.8 Å². The minimum absolute atomic E-state index is 0.0692. The van der Waals surface area contributed by atoms with Crippen molar-refractivity contribution in [3.8, 4) is 11.1 Å². The van der Waals surface area contributed by atoms with Gasteiger partial charge in [0.2, 0.25) is 11.5 Å². The number of carboxylic acids is 1. The molecule has 1 atom stereocenters. The van der Waals surface area contributed by atoms with E-state index < -0.39 is 24.1 Å². The zero-order chi connectivity index (χ0) is 23.4. The fourth-order valence-electron chi connectivity index (χ4n) is 3.68. The molecule has 1 aliphatic rings. The van der Waals surface area contributed by atoms with E-state index in [1.165, 1.54) is 0 Å². The molecule has 1 aromatic heterocycles. The van der Waals surface area contributed by atoms with Gasteiger partial charge in [0.25, 0.3) is 5.91 Å². The van der Waals surface area contributed by atoms with Gasteiger partial charge in [-0.15, -0.1) is 0 Å². The maximum atomic E-state index is 12.4. The smallest absolute Gasteiger partial charge is 0.412 e. The van der Waals surface area contributed by atoms with E-state index in [1.807, 2.05) is 48.5 Å². The molecule has 1 heterocycles. The van der Waals surface area contributed by atoms with Crippen LogP contribution in [0.25, 0.3) is 11.1 Å². The molecular weight excluding hydrogens is 432 g/mol. The van der Waals surface area contributed by atoms with Crippen molar-refractivity contribution in [2.45, 2.75) is 18.4 Å². The Hall–Kier alpha value is -4.25. The second kappa shape index (κ2) is 9.49. The van der Waals surface area contributed by atoms with Crippen molar-refractivity contribution in [1.82, 2.24) is 15.6 Å². The molecule has 0 saturated heterocycles. The molecule has 0 saturated carbocycles. The number of nitrogens with zero attached hydrogens (tertiary/aromatic N) is 2. The van der Waals surface area contributed by atoms with Gasteiger partial charge < -0.3 is 20.3 Å². The highest BCUT2D eigenvalue weighted by Gasteiger charge is 2.29. The molecule has 4 rings (SSSR count). The lowest BCUT2D eigenvalue weighted by atomic mass is 9.98. The number of hydrogen-bond acceptors (Lipinski definition) is 8. The number of carbonyl (C=O) groups excluding carboxylic acids is 2. The third kappa shape index (κ3) is 4.67. The quantitative estimate of drug-likeness (QED) is 0.400. The van der Waals surface area contributed by atoms with Gasteiger partial charge in [0.1, 0.15) is 6.61 Å². The van der Waals surface area contributed by atoms with Crippen molar-refractivity contribution < 1.29 is 34.0 Å². The van der Waals surface area contributed by atoms with Crippen molar-refractivity contribution in [3.05, 3.63) is 65.4 Å². The third-order valence-electron chi connectivity index (χ3n) is 5.26. The summed E-state index contributed by atoms with van der Waals surface area (Å²) in [7, 11) is 0. The first-order chi connectivity index (χ1) is 16.0. The van der Waals surface area contributed by atoms with Crippen LogP contribution in [-0.2, 0) is 9.53 Å². The number of carboxylic acid groups (broad SMARTS) is 1. The van der Waals surface area contributed by atoms with Crippen LogP contribution >= 0.6 is 0 Å². The van der Waals surface area contributed by atoms with Gasteiger partial charge in [-0.3, -0.25) is 10.1 Å². The predicted octanol–water partition coefficient (Wildman–Crippen LogP) is 2.00. The van der Waals surface area contributed by atoms with Gasteiger partial charge in [0, 0.05) is 18.9 Å². The minimum Gasteiger partial charge on any atom is -0.479 e. The van der Waals surface area contributed by atoms with E-state index in [0.717, 1.165) is 22.3 Å². The molecule has 11 nitrogen and oxygen atoms in total. The first kappa shape index (κ1) is 22.0. The van der Waals surface area contributed by atoms with Gasteiger partial charge >= 0.3 is 12.1 Å². The molecule has 33 heavy (non-hydrogen) atoms. The number of carbonyl (C=O) groups is 3. The Bertz CT molecular complexity index is 1150. The van der Waals surface area contributed by atoms with E-state index in [4.69, 9.17) is 9.84 Å². The predicted molar refractivity (Wildman–Crippen MR) is 114 cm³/mol. The molecule has 3 aromatic rings. The number of rotatable bonds is 8. The van der Waals surface area contributed by atoms with Gasteiger partial charge in [-0.1, -0.05) is 48.5 Å². The van der Waals surface area contributed by atoms with Crippen LogP contribution in [0.15, 0.2) is 53.2 Å². The second-order valence-electron chi connectivity index (χ2n) is 7.31. The van der Waals surface area contributed by atoms with E-state index >= 15 is 0 Å². The number of hydrogen-bond donors (Lipinski definition) is 4. The third-order valence-corrected chi connectivity index (χ3v) is 5.26. The number of ether oxygens (including phenoxy) is 1. The fourth-order valence-corrected chi connectivity index (χ4v) is 3.68. The molecule has 170 valence electrons. The number of aromatic nitrogens is 2. The molecule has 0 radical (unpaired) electrons. The second-order valence-corrected chi connectivity index (χ2v) is 7.31. The van der Waals surface area contributed by atoms with E-state index in [2.05, 4.69) is 25.6 Å². The van der Waals surface area contributed by atoms with Crippen LogP contribution in [0.1, 0.15) is 34.0 Å². The summed E-state index contributed by atoms with van der Waals surface area (Å²) < 4.78 is 9.93. The molecule has 0 spiro atoms. The van der Waals surface area contributed by atoms with Crippen LogP contribution in [-0.4, -0.2) is 57.8 Å². The average molecular weight is 452 g/mol. The molecule has 0 bridgehead atoms. The van der Waals surface area contributed by atoms with Crippen molar-refractivity contribution in [3.63, 3.8) is 0 Å². The Labute approximate surface area is 187 Å². The molecule has 1 aliphatic carbocycles. The number of amides is 2. The minimum atomic E-state index is -1.61. The van der Waals surface area contributed by atoms with Crippen LogP contribution in [0.5, 0.6) is 0 Å². The van der Waals surface area contributed by atoms with Gasteiger partial charge in [-0.25, -0.2) is 14.2 Å². The largest absolute Gasteiger partial charge is 0.479 e. The summed E-state index contributed by atoms with van der Waals surface area (Å²) in [6, 6.07) is 15.8. The van der Waals surface area contributed by atoms with Crippen LogP contribution in [0.3, 0.4) is 0 Å². The monoisotopic (exact) mass is 452 g/mol. The number of nitrogens with one attached hydrogen (secondary N) is 2. The molecule has 2 aromatic carbocycles. The first-order valence-corrected chi connectivity index (χ1v) is 10.1. The number of fused-ring (bicyclic) bond motifs is 3. The SMILES string of the molecule is O=C(Nc1nonc1C(=O)NCCC(O)C(=O)O)OCC1c2ccccc2-c2ccccc21. The molecule has 11 heteroatoms. The standard InChI is InChI=1S/C22H20N4O7/c27-17(21(29)30)9-10-23-20(28)18-19(26-33-25-18)24-22(31)32-11-16-14-7-3-1-5-12(14)13-6-2-4-8-15(13)16/h1-8,16-17,27H,9-11H2,(H,23,28)(H,29,30)(H,24,26,31). The number of benzene rings is 2. The van der Waals surface area contributed by atoms with E-state index in [0.29, 0.717) is 0 Å². The number of anilines is 1. The zero-order valence-corrected chi connectivity index (χ0v) is 17.2. The molecule has 1 unspecified atom stereocenters. The van der Waals surface area contributed by atoms with Crippen LogP contribution in [0.4, 0.5) is 10.6 Å². The Morgan fingerprint density at radius 2 is 1.67 bits per heavy atom. The fraction of sp³-hybridized carbons (Fsp3) is 0.227. The summed E-state index contributed by atoms with van der Waals surface area (Å²) in [6.45, 7) is -0.0662. The molecule has 0 aliphatic heterocycles. The summed E-state index contributed by atoms with van der Waals surface area (Å²) >= 11 is 0. The number of aliphatic carboxylic acids is 1. The molecule has 2 amide bonds. The lowest BCUT2D eigenvalue weighted by Crippen LogP contribution is -2.31. The van der Waals surface area contributed by atoms with Crippen LogP contribution < -0.4 is 10.6 Å². The Balaban J connectivity index is 1.36. The van der Waals surface area contributed by atoms with Crippen molar-refractivity contribution in [1.29, 1.82) is 0 Å². The highest BCUT2D eigenvalue weighted by molar-refractivity contribution is 5.99. The number of aliphatic hydroxyl groups excluding tert-OH is 1. The van der Waals surface area contributed by atoms with E-state index in [1.54, 1.807) is 0 Å².